The Morgan fingerprint density at radius 2 is 1.30 bits per heavy atom. The molecule has 5 rings (SSSR count). The molecule has 1 saturated heterocycles. The molecular weight excluding hydrogens is 427 g/mol. The van der Waals surface area contributed by atoms with Gasteiger partial charge in [0.1, 0.15) is 31.2 Å². The van der Waals surface area contributed by atoms with E-state index in [1.54, 1.807) is 6.33 Å². The summed E-state index contributed by atoms with van der Waals surface area (Å²) in [5.74, 6) is 1.93. The predicted molar refractivity (Wildman–Crippen MR) is 123 cm³/mol. The van der Waals surface area contributed by atoms with Crippen LogP contribution in [0.5, 0.6) is 11.5 Å². The summed E-state index contributed by atoms with van der Waals surface area (Å²) < 4.78 is 36.2. The van der Waals surface area contributed by atoms with Crippen molar-refractivity contribution in [3.8, 4) is 11.5 Å². The molecule has 2 aliphatic rings. The van der Waals surface area contributed by atoms with Crippen molar-refractivity contribution in [1.82, 2.24) is 9.97 Å². The van der Waals surface area contributed by atoms with Crippen molar-refractivity contribution in [2.75, 3.05) is 75.6 Å². The standard InChI is InChI=1S/C24H27FN4O4/c25-18-1-3-19(4-2-18)28-5-7-29(8-6-28)24-20-15-22-23(16-21(20)26-17-27-24)33-14-12-31-10-9-30-11-13-32-22/h1-4,15-17H,5-14H2. The van der Waals surface area contributed by atoms with Crippen molar-refractivity contribution in [3.63, 3.8) is 0 Å². The largest absolute Gasteiger partial charge is 0.487 e. The molecule has 0 bridgehead atoms. The summed E-state index contributed by atoms with van der Waals surface area (Å²) in [7, 11) is 0. The predicted octanol–water partition coefficient (Wildman–Crippen LogP) is 2.90. The average molecular weight is 455 g/mol. The van der Waals surface area contributed by atoms with E-state index in [-0.39, 0.29) is 5.82 Å². The van der Waals surface area contributed by atoms with Gasteiger partial charge in [-0.3, -0.25) is 0 Å². The van der Waals surface area contributed by atoms with Gasteiger partial charge in [0, 0.05) is 43.3 Å². The van der Waals surface area contributed by atoms with Crippen LogP contribution in [0.15, 0.2) is 42.7 Å². The Morgan fingerprint density at radius 3 is 2.00 bits per heavy atom. The zero-order chi connectivity index (χ0) is 22.5. The molecule has 0 amide bonds. The van der Waals surface area contributed by atoms with E-state index in [0.29, 0.717) is 51.1 Å². The van der Waals surface area contributed by atoms with E-state index in [0.717, 1.165) is 48.6 Å². The molecule has 1 aromatic heterocycles. The number of aromatic nitrogens is 2. The quantitative estimate of drug-likeness (QED) is 0.586. The van der Waals surface area contributed by atoms with Crippen LogP contribution in [0.4, 0.5) is 15.9 Å². The number of hydrogen-bond donors (Lipinski definition) is 0. The first-order valence-electron chi connectivity index (χ1n) is 11.2. The van der Waals surface area contributed by atoms with Crippen LogP contribution in [-0.2, 0) is 9.47 Å². The highest BCUT2D eigenvalue weighted by atomic mass is 19.1. The lowest BCUT2D eigenvalue weighted by Gasteiger charge is -2.37. The first-order chi connectivity index (χ1) is 16.3. The lowest BCUT2D eigenvalue weighted by Crippen LogP contribution is -2.46. The molecule has 0 saturated carbocycles. The smallest absolute Gasteiger partial charge is 0.163 e. The Labute approximate surface area is 191 Å². The lowest BCUT2D eigenvalue weighted by atomic mass is 10.1. The van der Waals surface area contributed by atoms with E-state index in [1.165, 1.54) is 12.1 Å². The van der Waals surface area contributed by atoms with E-state index in [1.807, 2.05) is 24.3 Å². The fraction of sp³-hybridized carbons (Fsp3) is 0.417. The molecule has 0 unspecified atom stereocenters. The fourth-order valence-electron chi connectivity index (χ4n) is 4.10. The third-order valence-corrected chi connectivity index (χ3v) is 5.79. The zero-order valence-electron chi connectivity index (χ0n) is 18.4. The number of rotatable bonds is 2. The van der Waals surface area contributed by atoms with Gasteiger partial charge in [-0.2, -0.15) is 0 Å². The highest BCUT2D eigenvalue weighted by molar-refractivity contribution is 5.92. The first-order valence-corrected chi connectivity index (χ1v) is 11.2. The highest BCUT2D eigenvalue weighted by Crippen LogP contribution is 2.35. The molecule has 2 aromatic carbocycles. The first kappa shape index (κ1) is 21.7. The third kappa shape index (κ3) is 5.09. The second kappa shape index (κ2) is 10.2. The Balaban J connectivity index is 1.37. The van der Waals surface area contributed by atoms with Gasteiger partial charge >= 0.3 is 0 Å². The lowest BCUT2D eigenvalue weighted by molar-refractivity contribution is 0.0224. The summed E-state index contributed by atoms with van der Waals surface area (Å²) in [6, 6.07) is 10.5. The molecular formula is C24H27FN4O4. The fourth-order valence-corrected chi connectivity index (χ4v) is 4.10. The summed E-state index contributed by atoms with van der Waals surface area (Å²) >= 11 is 0. The molecule has 0 aliphatic carbocycles. The van der Waals surface area contributed by atoms with Crippen molar-refractivity contribution < 1.29 is 23.3 Å². The summed E-state index contributed by atoms with van der Waals surface area (Å²) in [5.41, 5.74) is 1.83. The van der Waals surface area contributed by atoms with Crippen molar-refractivity contribution in [2.45, 2.75) is 0 Å². The second-order valence-corrected chi connectivity index (χ2v) is 7.89. The molecule has 9 heteroatoms. The van der Waals surface area contributed by atoms with Gasteiger partial charge < -0.3 is 28.7 Å². The van der Waals surface area contributed by atoms with Gasteiger partial charge in [0.25, 0.3) is 0 Å². The van der Waals surface area contributed by atoms with Crippen molar-refractivity contribution in [1.29, 1.82) is 0 Å². The Hall–Kier alpha value is -3.17. The number of halogens is 1. The number of fused-ring (bicyclic) bond motifs is 2. The van der Waals surface area contributed by atoms with Gasteiger partial charge in [-0.05, 0) is 30.3 Å². The van der Waals surface area contributed by atoms with Crippen LogP contribution in [0.2, 0.25) is 0 Å². The minimum Gasteiger partial charge on any atom is -0.487 e. The average Bonchev–Trinajstić information content (AvgIpc) is 2.84. The molecule has 0 spiro atoms. The van der Waals surface area contributed by atoms with Crippen LogP contribution in [0, 0.1) is 5.82 Å². The van der Waals surface area contributed by atoms with E-state index in [4.69, 9.17) is 18.9 Å². The minimum atomic E-state index is -0.220. The molecule has 0 N–H and O–H groups in total. The van der Waals surface area contributed by atoms with Gasteiger partial charge in [0.2, 0.25) is 0 Å². The van der Waals surface area contributed by atoms with E-state index in [2.05, 4.69) is 19.8 Å². The molecule has 0 radical (unpaired) electrons. The summed E-state index contributed by atoms with van der Waals surface area (Å²) in [5, 5.41) is 0.916. The van der Waals surface area contributed by atoms with E-state index in [9.17, 15) is 4.39 Å². The zero-order valence-corrected chi connectivity index (χ0v) is 18.4. The number of ether oxygens (including phenoxy) is 4. The van der Waals surface area contributed by atoms with E-state index >= 15 is 0 Å². The third-order valence-electron chi connectivity index (χ3n) is 5.79. The molecule has 0 atom stereocenters. The Bertz CT molecular complexity index is 1070. The molecule has 3 aromatic rings. The molecule has 3 heterocycles. The SMILES string of the molecule is Fc1ccc(N2CCN(c3ncnc4cc5c(cc34)OCCOCCOCCO5)CC2)cc1. The normalized spacial score (nSPS) is 18.0. The molecule has 1 fully saturated rings. The van der Waals surface area contributed by atoms with E-state index < -0.39 is 0 Å². The number of anilines is 2. The minimum absolute atomic E-state index is 0.220. The van der Waals surface area contributed by atoms with Crippen LogP contribution in [0.25, 0.3) is 10.9 Å². The van der Waals surface area contributed by atoms with Gasteiger partial charge in [-0.15, -0.1) is 0 Å². The number of piperazine rings is 1. The monoisotopic (exact) mass is 454 g/mol. The summed E-state index contributed by atoms with van der Waals surface area (Å²) in [6.07, 6.45) is 1.59. The van der Waals surface area contributed by atoms with Gasteiger partial charge in [-0.1, -0.05) is 0 Å². The van der Waals surface area contributed by atoms with Gasteiger partial charge in [-0.25, -0.2) is 14.4 Å². The molecule has 174 valence electrons. The summed E-state index contributed by atoms with van der Waals surface area (Å²) in [4.78, 5) is 13.6. The van der Waals surface area contributed by atoms with Crippen LogP contribution in [0.1, 0.15) is 0 Å². The maximum Gasteiger partial charge on any atom is 0.163 e. The second-order valence-electron chi connectivity index (χ2n) is 7.89. The van der Waals surface area contributed by atoms with Gasteiger partial charge in [0.05, 0.1) is 31.9 Å². The van der Waals surface area contributed by atoms with Crippen LogP contribution in [0.3, 0.4) is 0 Å². The summed E-state index contributed by atoms with van der Waals surface area (Å²) in [6.45, 7) is 6.10. The maximum absolute atomic E-state index is 13.3. The Morgan fingerprint density at radius 1 is 0.697 bits per heavy atom. The number of hydrogen-bond acceptors (Lipinski definition) is 8. The molecule has 8 nitrogen and oxygen atoms in total. The Kier molecular flexibility index (Phi) is 6.68. The number of nitrogens with zero attached hydrogens (tertiary/aromatic N) is 4. The number of benzene rings is 2. The van der Waals surface area contributed by atoms with Crippen molar-refractivity contribution in [3.05, 3.63) is 48.5 Å². The van der Waals surface area contributed by atoms with Crippen LogP contribution < -0.4 is 19.3 Å². The molecule has 2 aliphatic heterocycles. The maximum atomic E-state index is 13.3. The molecule has 33 heavy (non-hydrogen) atoms. The van der Waals surface area contributed by atoms with Crippen molar-refractivity contribution in [2.24, 2.45) is 0 Å². The van der Waals surface area contributed by atoms with Gasteiger partial charge in [0.15, 0.2) is 11.5 Å². The van der Waals surface area contributed by atoms with Crippen molar-refractivity contribution >= 4 is 22.4 Å². The topological polar surface area (TPSA) is 69.2 Å². The van der Waals surface area contributed by atoms with Crippen LogP contribution >= 0.6 is 0 Å². The van der Waals surface area contributed by atoms with Crippen LogP contribution in [-0.4, -0.2) is 75.8 Å². The highest BCUT2D eigenvalue weighted by Gasteiger charge is 2.22.